The largest absolute Gasteiger partial charge is 0.495 e. The number of rotatable bonds is 6. The summed E-state index contributed by atoms with van der Waals surface area (Å²) in [7, 11) is 1.39. The van der Waals surface area contributed by atoms with Crippen LogP contribution in [0.3, 0.4) is 0 Å². The maximum absolute atomic E-state index is 12.9. The second kappa shape index (κ2) is 8.99. The van der Waals surface area contributed by atoms with Gasteiger partial charge in [0.25, 0.3) is 6.10 Å². The number of aromatic nitrogens is 3. The minimum Gasteiger partial charge on any atom is -0.495 e. The van der Waals surface area contributed by atoms with E-state index in [9.17, 15) is 26.3 Å². The maximum Gasteiger partial charge on any atom is 0.434 e. The Morgan fingerprint density at radius 1 is 1.00 bits per heavy atom. The highest BCUT2D eigenvalue weighted by molar-refractivity contribution is 5.62. The van der Waals surface area contributed by atoms with Gasteiger partial charge in [0.05, 0.1) is 26.0 Å². The number of benzene rings is 1. The zero-order valence-electron chi connectivity index (χ0n) is 16.0. The Bertz CT molecular complexity index is 875. The standard InChI is InChI=1S/C17H17F6N5O3/c1-29-11-5-3-2-4-10(11)24-13-25-14(28-6-8-30-9-7-28)27-15(26-13)31-12(16(18,19)20)17(21,22)23/h2-5,12H,6-9H2,1H3,(H,24,25,26,27). The molecular weight excluding hydrogens is 436 g/mol. The molecule has 0 aliphatic carbocycles. The molecule has 1 fully saturated rings. The topological polar surface area (TPSA) is 81.6 Å². The van der Waals surface area contributed by atoms with E-state index in [2.05, 4.69) is 25.0 Å². The number of halogens is 6. The van der Waals surface area contributed by atoms with Gasteiger partial charge in [0.2, 0.25) is 11.9 Å². The number of nitrogens with one attached hydrogen (secondary N) is 1. The normalized spacial score (nSPS) is 15.2. The van der Waals surface area contributed by atoms with Crippen molar-refractivity contribution in [1.29, 1.82) is 0 Å². The fraction of sp³-hybridized carbons (Fsp3) is 0.471. The number of nitrogens with zero attached hydrogens (tertiary/aromatic N) is 4. The highest BCUT2D eigenvalue weighted by Gasteiger charge is 2.59. The van der Waals surface area contributed by atoms with Crippen molar-refractivity contribution in [3.05, 3.63) is 24.3 Å². The number of hydrogen-bond donors (Lipinski definition) is 1. The maximum atomic E-state index is 12.9. The lowest BCUT2D eigenvalue weighted by atomic mass is 10.3. The van der Waals surface area contributed by atoms with Gasteiger partial charge < -0.3 is 24.4 Å². The van der Waals surface area contributed by atoms with E-state index in [4.69, 9.17) is 9.47 Å². The molecule has 8 nitrogen and oxygen atoms in total. The van der Waals surface area contributed by atoms with Crippen LogP contribution in [0.4, 0.5) is 43.9 Å². The summed E-state index contributed by atoms with van der Waals surface area (Å²) < 4.78 is 92.1. The number of hydrogen-bond acceptors (Lipinski definition) is 8. The summed E-state index contributed by atoms with van der Waals surface area (Å²) in [6.45, 7) is 1.12. The first kappa shape index (κ1) is 22.7. The molecule has 0 amide bonds. The third-order valence-corrected chi connectivity index (χ3v) is 4.07. The Balaban J connectivity index is 1.98. The van der Waals surface area contributed by atoms with Crippen molar-refractivity contribution in [2.24, 2.45) is 0 Å². The molecular formula is C17H17F6N5O3. The van der Waals surface area contributed by atoms with Crippen LogP contribution in [-0.4, -0.2) is 66.8 Å². The highest BCUT2D eigenvalue weighted by atomic mass is 19.4. The lowest BCUT2D eigenvalue weighted by Gasteiger charge is -2.27. The smallest absolute Gasteiger partial charge is 0.434 e. The molecule has 2 heterocycles. The Hall–Kier alpha value is -3.03. The summed E-state index contributed by atoms with van der Waals surface area (Å²) in [5.74, 6) is -0.130. The quantitative estimate of drug-likeness (QED) is 0.668. The van der Waals surface area contributed by atoms with E-state index in [1.807, 2.05) is 0 Å². The summed E-state index contributed by atoms with van der Waals surface area (Å²) in [5.41, 5.74) is 0.332. The minimum atomic E-state index is -5.72. The zero-order chi connectivity index (χ0) is 22.6. The van der Waals surface area contributed by atoms with E-state index in [0.717, 1.165) is 0 Å². The van der Waals surface area contributed by atoms with Crippen molar-refractivity contribution in [1.82, 2.24) is 15.0 Å². The summed E-state index contributed by atoms with van der Waals surface area (Å²) >= 11 is 0. The average molecular weight is 453 g/mol. The molecule has 1 N–H and O–H groups in total. The molecule has 0 radical (unpaired) electrons. The van der Waals surface area contributed by atoms with Crippen LogP contribution in [0.2, 0.25) is 0 Å². The fourth-order valence-corrected chi connectivity index (χ4v) is 2.65. The van der Waals surface area contributed by atoms with Gasteiger partial charge in [-0.2, -0.15) is 41.3 Å². The Morgan fingerprint density at radius 3 is 2.26 bits per heavy atom. The number of methoxy groups -OCH3 is 1. The van der Waals surface area contributed by atoms with Gasteiger partial charge in [-0.25, -0.2) is 0 Å². The monoisotopic (exact) mass is 453 g/mol. The molecule has 1 saturated heterocycles. The van der Waals surface area contributed by atoms with E-state index in [-0.39, 0.29) is 38.2 Å². The first-order chi connectivity index (χ1) is 14.6. The Morgan fingerprint density at radius 2 is 1.65 bits per heavy atom. The van der Waals surface area contributed by atoms with Gasteiger partial charge in [-0.05, 0) is 12.1 Å². The van der Waals surface area contributed by atoms with Crippen molar-refractivity contribution in [2.45, 2.75) is 18.5 Å². The van der Waals surface area contributed by atoms with Crippen LogP contribution in [0, 0.1) is 0 Å². The highest BCUT2D eigenvalue weighted by Crippen LogP contribution is 2.36. The predicted molar refractivity (Wildman–Crippen MR) is 95.7 cm³/mol. The lowest BCUT2D eigenvalue weighted by molar-refractivity contribution is -0.301. The molecule has 2 aromatic rings. The predicted octanol–water partition coefficient (Wildman–Crippen LogP) is 3.33. The van der Waals surface area contributed by atoms with Gasteiger partial charge in [0.1, 0.15) is 5.75 Å². The van der Waals surface area contributed by atoms with E-state index in [0.29, 0.717) is 11.4 Å². The number of alkyl halides is 6. The van der Waals surface area contributed by atoms with Crippen molar-refractivity contribution in [3.63, 3.8) is 0 Å². The minimum absolute atomic E-state index is 0.159. The molecule has 31 heavy (non-hydrogen) atoms. The van der Waals surface area contributed by atoms with E-state index < -0.39 is 24.5 Å². The molecule has 14 heteroatoms. The van der Waals surface area contributed by atoms with E-state index >= 15 is 0 Å². The number of anilines is 3. The van der Waals surface area contributed by atoms with Crippen LogP contribution in [0.5, 0.6) is 11.8 Å². The molecule has 0 saturated carbocycles. The Labute approximate surface area is 172 Å². The second-order valence-electron chi connectivity index (χ2n) is 6.25. The molecule has 0 atom stereocenters. The lowest BCUT2D eigenvalue weighted by Crippen LogP contribution is -2.47. The third kappa shape index (κ3) is 5.77. The molecule has 0 unspecified atom stereocenters. The third-order valence-electron chi connectivity index (χ3n) is 4.07. The molecule has 170 valence electrons. The molecule has 1 aromatic carbocycles. The Kier molecular flexibility index (Phi) is 6.57. The average Bonchev–Trinajstić information content (AvgIpc) is 2.71. The van der Waals surface area contributed by atoms with Gasteiger partial charge in [0.15, 0.2) is 0 Å². The van der Waals surface area contributed by atoms with Crippen molar-refractivity contribution in [3.8, 4) is 11.8 Å². The van der Waals surface area contributed by atoms with E-state index in [1.165, 1.54) is 12.0 Å². The van der Waals surface area contributed by atoms with Crippen LogP contribution in [0.15, 0.2) is 24.3 Å². The number of ether oxygens (including phenoxy) is 3. The van der Waals surface area contributed by atoms with Gasteiger partial charge in [0, 0.05) is 13.1 Å². The van der Waals surface area contributed by atoms with Crippen molar-refractivity contribution >= 4 is 17.6 Å². The zero-order valence-corrected chi connectivity index (χ0v) is 16.0. The summed E-state index contributed by atoms with van der Waals surface area (Å²) in [4.78, 5) is 12.9. The van der Waals surface area contributed by atoms with Crippen LogP contribution < -0.4 is 19.7 Å². The fourth-order valence-electron chi connectivity index (χ4n) is 2.65. The first-order valence-electron chi connectivity index (χ1n) is 8.87. The molecule has 0 bridgehead atoms. The molecule has 1 aromatic heterocycles. The molecule has 0 spiro atoms. The number of morpholine rings is 1. The van der Waals surface area contributed by atoms with Crippen LogP contribution >= 0.6 is 0 Å². The summed E-state index contributed by atoms with van der Waals surface area (Å²) in [6, 6.07) is 5.32. The summed E-state index contributed by atoms with van der Waals surface area (Å²) in [6.07, 6.45) is -15.5. The van der Waals surface area contributed by atoms with Gasteiger partial charge in [-0.1, -0.05) is 12.1 Å². The van der Waals surface area contributed by atoms with Crippen LogP contribution in [0.25, 0.3) is 0 Å². The molecule has 3 rings (SSSR count). The summed E-state index contributed by atoms with van der Waals surface area (Å²) in [5, 5.41) is 2.71. The molecule has 1 aliphatic heterocycles. The van der Waals surface area contributed by atoms with Crippen molar-refractivity contribution in [2.75, 3.05) is 43.6 Å². The van der Waals surface area contributed by atoms with Gasteiger partial charge >= 0.3 is 18.4 Å². The van der Waals surface area contributed by atoms with Gasteiger partial charge in [-0.3, -0.25) is 0 Å². The van der Waals surface area contributed by atoms with E-state index in [1.54, 1.807) is 24.3 Å². The van der Waals surface area contributed by atoms with Crippen LogP contribution in [-0.2, 0) is 4.74 Å². The van der Waals surface area contributed by atoms with Crippen molar-refractivity contribution < 1.29 is 40.6 Å². The first-order valence-corrected chi connectivity index (χ1v) is 8.87. The van der Waals surface area contributed by atoms with Gasteiger partial charge in [-0.15, -0.1) is 0 Å². The SMILES string of the molecule is COc1ccccc1Nc1nc(OC(C(F)(F)F)C(F)(F)F)nc(N2CCOCC2)n1. The van der Waals surface area contributed by atoms with Crippen LogP contribution in [0.1, 0.15) is 0 Å². The number of para-hydroxylation sites is 2. The second-order valence-corrected chi connectivity index (χ2v) is 6.25. The molecule has 1 aliphatic rings.